The van der Waals surface area contributed by atoms with Crippen LogP contribution in [0.1, 0.15) is 78.8 Å². The van der Waals surface area contributed by atoms with E-state index in [0.29, 0.717) is 34.0 Å². The molecule has 0 aliphatic rings. The summed E-state index contributed by atoms with van der Waals surface area (Å²) in [6, 6.07) is 0. The van der Waals surface area contributed by atoms with Crippen molar-refractivity contribution in [1.82, 2.24) is 0 Å². The number of aromatic carboxylic acids is 2. The average molecular weight is 495 g/mol. The third-order valence-corrected chi connectivity index (χ3v) is 6.62. The van der Waals surface area contributed by atoms with E-state index in [4.69, 9.17) is 0 Å². The Morgan fingerprint density at radius 2 is 1.12 bits per heavy atom. The van der Waals surface area contributed by atoms with Gasteiger partial charge in [-0.1, -0.05) is 27.7 Å². The zero-order valence-electron chi connectivity index (χ0n) is 19.2. The van der Waals surface area contributed by atoms with E-state index in [-0.39, 0.29) is 54.0 Å². The van der Waals surface area contributed by atoms with Crippen LogP contribution in [-0.4, -0.2) is 34.0 Å². The van der Waals surface area contributed by atoms with Crippen LogP contribution in [-0.2, 0) is 22.4 Å². The average Bonchev–Trinajstić information content (AvgIpc) is 3.24. The summed E-state index contributed by atoms with van der Waals surface area (Å²) in [6.07, 6.45) is 1.54. The number of thiophene rings is 2. The molecule has 33 heavy (non-hydrogen) atoms. The van der Waals surface area contributed by atoms with Gasteiger partial charge in [-0.15, -0.1) is 22.7 Å². The van der Waals surface area contributed by atoms with Gasteiger partial charge >= 0.3 is 11.9 Å². The Morgan fingerprint density at radius 3 is 1.42 bits per heavy atom. The molecule has 0 aromatic carbocycles. The minimum atomic E-state index is -1.08. The van der Waals surface area contributed by atoms with Crippen molar-refractivity contribution in [1.29, 1.82) is 0 Å². The Hall–Kier alpha value is -2.72. The van der Waals surface area contributed by atoms with Crippen molar-refractivity contribution in [3.05, 3.63) is 33.0 Å². The van der Waals surface area contributed by atoms with E-state index in [1.807, 2.05) is 27.7 Å². The minimum absolute atomic E-state index is 0.0404. The molecule has 0 aliphatic carbocycles. The molecule has 8 nitrogen and oxygen atoms in total. The Balaban J connectivity index is 1.91. The summed E-state index contributed by atoms with van der Waals surface area (Å²) in [5, 5.41) is 28.4. The fourth-order valence-corrected chi connectivity index (χ4v) is 5.37. The molecule has 2 amide bonds. The van der Waals surface area contributed by atoms with Gasteiger partial charge < -0.3 is 20.8 Å². The lowest BCUT2D eigenvalue weighted by Gasteiger charge is -2.08. The summed E-state index contributed by atoms with van der Waals surface area (Å²) >= 11 is 2.36. The highest BCUT2D eigenvalue weighted by molar-refractivity contribution is 7.15. The normalized spacial score (nSPS) is 11.1. The second-order valence-electron chi connectivity index (χ2n) is 8.69. The van der Waals surface area contributed by atoms with Crippen LogP contribution >= 0.6 is 22.7 Å². The van der Waals surface area contributed by atoms with Crippen LogP contribution in [0.2, 0.25) is 0 Å². The molecule has 0 bridgehead atoms. The summed E-state index contributed by atoms with van der Waals surface area (Å²) in [5.41, 5.74) is 1.63. The molecule has 4 N–H and O–H groups in total. The first-order valence-electron chi connectivity index (χ1n) is 10.8. The number of carboxylic acids is 2. The standard InChI is InChI=1S/C23H30N2O6S2/c1-12(2)8-14-10-32-20(18(14)22(28)29)24-16(26)6-5-7-17(27)25-21-19(23(30)31)15(11-33-21)9-13(3)4/h10-13H,5-9H2,1-4H3,(H,24,26)(H,25,27)(H,28,29)(H,30,31). The zero-order valence-corrected chi connectivity index (χ0v) is 20.8. The number of carbonyl (C=O) groups excluding carboxylic acids is 2. The second kappa shape index (κ2) is 11.9. The summed E-state index contributed by atoms with van der Waals surface area (Å²) < 4.78 is 0. The number of amides is 2. The van der Waals surface area contributed by atoms with Gasteiger partial charge in [-0.2, -0.15) is 0 Å². The lowest BCUT2D eigenvalue weighted by atomic mass is 10.0. The van der Waals surface area contributed by atoms with Crippen molar-refractivity contribution in [2.75, 3.05) is 10.6 Å². The zero-order chi connectivity index (χ0) is 24.7. The maximum atomic E-state index is 12.3. The van der Waals surface area contributed by atoms with Crippen LogP contribution in [0, 0.1) is 11.8 Å². The molecular weight excluding hydrogens is 464 g/mol. The topological polar surface area (TPSA) is 133 Å². The number of hydrogen-bond donors (Lipinski definition) is 4. The molecule has 0 unspecified atom stereocenters. The maximum Gasteiger partial charge on any atom is 0.338 e. The van der Waals surface area contributed by atoms with Crippen molar-refractivity contribution in [2.24, 2.45) is 11.8 Å². The molecule has 10 heteroatoms. The second-order valence-corrected chi connectivity index (χ2v) is 10.4. The molecule has 2 heterocycles. The minimum Gasteiger partial charge on any atom is -0.478 e. The van der Waals surface area contributed by atoms with Gasteiger partial charge in [0, 0.05) is 12.8 Å². The molecular formula is C23H30N2O6S2. The molecule has 0 saturated heterocycles. The monoisotopic (exact) mass is 494 g/mol. The Labute approximate surface area is 201 Å². The first-order chi connectivity index (χ1) is 15.5. The predicted octanol–water partition coefficient (Wildman–Crippen LogP) is 5.35. The molecule has 2 rings (SSSR count). The predicted molar refractivity (Wildman–Crippen MR) is 131 cm³/mol. The van der Waals surface area contributed by atoms with Crippen molar-refractivity contribution in [2.45, 2.75) is 59.8 Å². The number of rotatable bonds is 12. The van der Waals surface area contributed by atoms with Gasteiger partial charge in [0.25, 0.3) is 0 Å². The van der Waals surface area contributed by atoms with E-state index in [1.54, 1.807) is 10.8 Å². The quantitative estimate of drug-likeness (QED) is 0.314. The van der Waals surface area contributed by atoms with Crippen molar-refractivity contribution in [3.8, 4) is 0 Å². The molecule has 0 radical (unpaired) electrons. The van der Waals surface area contributed by atoms with Gasteiger partial charge in [0.1, 0.15) is 10.0 Å². The molecule has 2 aromatic heterocycles. The van der Waals surface area contributed by atoms with Gasteiger partial charge in [-0.05, 0) is 53.0 Å². The summed E-state index contributed by atoms with van der Waals surface area (Å²) in [5.74, 6) is -2.33. The number of anilines is 2. The molecule has 0 aliphatic heterocycles. The molecule has 0 spiro atoms. The summed E-state index contributed by atoms with van der Waals surface area (Å²) in [4.78, 5) is 47.9. The Bertz CT molecular complexity index is 942. The van der Waals surface area contributed by atoms with Crippen molar-refractivity contribution >= 4 is 56.4 Å². The Morgan fingerprint density at radius 1 is 0.758 bits per heavy atom. The highest BCUT2D eigenvalue weighted by Gasteiger charge is 2.22. The van der Waals surface area contributed by atoms with Gasteiger partial charge in [0.2, 0.25) is 11.8 Å². The number of hydrogen-bond acceptors (Lipinski definition) is 6. The van der Waals surface area contributed by atoms with Gasteiger partial charge in [-0.3, -0.25) is 9.59 Å². The maximum absolute atomic E-state index is 12.3. The largest absolute Gasteiger partial charge is 0.478 e. The first-order valence-corrected chi connectivity index (χ1v) is 12.5. The van der Waals surface area contributed by atoms with Crippen LogP contribution in [0.5, 0.6) is 0 Å². The summed E-state index contributed by atoms with van der Waals surface area (Å²) in [7, 11) is 0. The highest BCUT2D eigenvalue weighted by Crippen LogP contribution is 2.31. The lowest BCUT2D eigenvalue weighted by molar-refractivity contribution is -0.117. The van der Waals surface area contributed by atoms with Crippen molar-refractivity contribution < 1.29 is 29.4 Å². The smallest absolute Gasteiger partial charge is 0.338 e. The fraction of sp³-hybridized carbons (Fsp3) is 0.478. The van der Waals surface area contributed by atoms with Gasteiger partial charge in [-0.25, -0.2) is 9.59 Å². The molecule has 2 aromatic rings. The number of carbonyl (C=O) groups is 4. The number of nitrogens with one attached hydrogen (secondary N) is 2. The third kappa shape index (κ3) is 7.68. The van der Waals surface area contributed by atoms with Gasteiger partial charge in [0.15, 0.2) is 0 Å². The van der Waals surface area contributed by atoms with Crippen molar-refractivity contribution in [3.63, 3.8) is 0 Å². The molecule has 0 atom stereocenters. The van der Waals surface area contributed by atoms with Crippen LogP contribution in [0.25, 0.3) is 0 Å². The van der Waals surface area contributed by atoms with E-state index < -0.39 is 11.9 Å². The lowest BCUT2D eigenvalue weighted by Crippen LogP contribution is -2.16. The SMILES string of the molecule is CC(C)Cc1csc(NC(=O)CCCC(=O)Nc2scc(CC(C)C)c2C(=O)O)c1C(=O)O. The number of carboxylic acid groups (broad SMARTS) is 2. The highest BCUT2D eigenvalue weighted by atomic mass is 32.1. The third-order valence-electron chi connectivity index (χ3n) is 4.73. The van der Waals surface area contributed by atoms with E-state index in [9.17, 15) is 29.4 Å². The van der Waals surface area contributed by atoms with Gasteiger partial charge in [0.05, 0.1) is 11.1 Å². The Kier molecular flexibility index (Phi) is 9.60. The fourth-order valence-electron chi connectivity index (χ4n) is 3.41. The van der Waals surface area contributed by atoms with E-state index in [2.05, 4.69) is 10.6 Å². The summed E-state index contributed by atoms with van der Waals surface area (Å²) in [6.45, 7) is 7.97. The van der Waals surface area contributed by atoms with E-state index >= 15 is 0 Å². The molecule has 0 fully saturated rings. The molecule has 0 saturated carbocycles. The first kappa shape index (κ1) is 26.5. The van der Waals surface area contributed by atoms with Crippen LogP contribution in [0.15, 0.2) is 10.8 Å². The van der Waals surface area contributed by atoms with E-state index in [0.717, 1.165) is 0 Å². The molecule has 180 valence electrons. The van der Waals surface area contributed by atoms with E-state index in [1.165, 1.54) is 22.7 Å². The van der Waals surface area contributed by atoms with Crippen LogP contribution in [0.3, 0.4) is 0 Å². The van der Waals surface area contributed by atoms with Crippen LogP contribution < -0.4 is 10.6 Å². The van der Waals surface area contributed by atoms with Crippen LogP contribution in [0.4, 0.5) is 10.0 Å².